The summed E-state index contributed by atoms with van der Waals surface area (Å²) in [6.45, 7) is 4.89. The van der Waals surface area contributed by atoms with E-state index in [0.29, 0.717) is 49.8 Å². The normalized spacial score (nSPS) is 17.6. The van der Waals surface area contributed by atoms with E-state index in [-0.39, 0.29) is 11.8 Å². The minimum absolute atomic E-state index is 0.0245. The van der Waals surface area contributed by atoms with Gasteiger partial charge in [0.15, 0.2) is 0 Å². The van der Waals surface area contributed by atoms with Crippen molar-refractivity contribution in [2.45, 2.75) is 19.3 Å². The Morgan fingerprint density at radius 3 is 2.13 bits per heavy atom. The van der Waals surface area contributed by atoms with E-state index < -0.39 is 0 Å². The van der Waals surface area contributed by atoms with Crippen LogP contribution in [0.4, 0.5) is 0 Å². The van der Waals surface area contributed by atoms with Crippen LogP contribution in [0.3, 0.4) is 0 Å². The molecule has 2 saturated heterocycles. The number of benzene rings is 2. The van der Waals surface area contributed by atoms with Crippen LogP contribution in [0.2, 0.25) is 0 Å². The standard InChI is InChI=1S/C24H29N3O3/c28-23(26-13-7-2-8-14-26)19-25-15-17-27(18-16-25)24(29)21-11-5-6-12-22(21)30-20-9-3-1-4-10-20/h1,3-6,9-12H,2,7-8,13-19H2. The lowest BCUT2D eigenvalue weighted by molar-refractivity contribution is -0.133. The molecule has 6 heteroatoms. The van der Waals surface area contributed by atoms with Crippen LogP contribution in [0, 0.1) is 0 Å². The second-order valence-corrected chi connectivity index (χ2v) is 7.92. The van der Waals surface area contributed by atoms with Gasteiger partial charge in [-0.3, -0.25) is 14.5 Å². The molecular formula is C24H29N3O3. The minimum atomic E-state index is -0.0245. The van der Waals surface area contributed by atoms with E-state index in [9.17, 15) is 9.59 Å². The highest BCUT2D eigenvalue weighted by Crippen LogP contribution is 2.26. The molecule has 2 heterocycles. The van der Waals surface area contributed by atoms with Gasteiger partial charge in [-0.25, -0.2) is 0 Å². The van der Waals surface area contributed by atoms with E-state index >= 15 is 0 Å². The number of likely N-dealkylation sites (tertiary alicyclic amines) is 1. The number of para-hydroxylation sites is 2. The summed E-state index contributed by atoms with van der Waals surface area (Å²) in [4.78, 5) is 31.6. The third-order valence-electron chi connectivity index (χ3n) is 5.82. The third kappa shape index (κ3) is 5.00. The van der Waals surface area contributed by atoms with E-state index in [0.717, 1.165) is 25.9 Å². The first-order valence-corrected chi connectivity index (χ1v) is 10.8. The zero-order valence-electron chi connectivity index (χ0n) is 17.3. The first-order valence-electron chi connectivity index (χ1n) is 10.8. The van der Waals surface area contributed by atoms with Gasteiger partial charge in [0.2, 0.25) is 5.91 Å². The first-order chi connectivity index (χ1) is 14.7. The molecular weight excluding hydrogens is 378 g/mol. The number of hydrogen-bond donors (Lipinski definition) is 0. The Morgan fingerprint density at radius 1 is 0.733 bits per heavy atom. The van der Waals surface area contributed by atoms with Crippen LogP contribution < -0.4 is 4.74 Å². The lowest BCUT2D eigenvalue weighted by Crippen LogP contribution is -2.52. The summed E-state index contributed by atoms with van der Waals surface area (Å²) in [5.41, 5.74) is 0.569. The second kappa shape index (κ2) is 9.76. The highest BCUT2D eigenvalue weighted by atomic mass is 16.5. The average Bonchev–Trinajstić information content (AvgIpc) is 2.81. The molecule has 2 fully saturated rings. The largest absolute Gasteiger partial charge is 0.457 e. The van der Waals surface area contributed by atoms with Gasteiger partial charge in [0.25, 0.3) is 5.91 Å². The van der Waals surface area contributed by atoms with Crippen LogP contribution in [0.5, 0.6) is 11.5 Å². The molecule has 0 atom stereocenters. The van der Waals surface area contributed by atoms with Gasteiger partial charge < -0.3 is 14.5 Å². The lowest BCUT2D eigenvalue weighted by Gasteiger charge is -2.36. The Morgan fingerprint density at radius 2 is 1.40 bits per heavy atom. The van der Waals surface area contributed by atoms with Crippen molar-refractivity contribution < 1.29 is 14.3 Å². The number of piperidine rings is 1. The maximum Gasteiger partial charge on any atom is 0.257 e. The van der Waals surface area contributed by atoms with E-state index in [1.807, 2.05) is 64.4 Å². The van der Waals surface area contributed by atoms with Gasteiger partial charge in [-0.05, 0) is 43.5 Å². The monoisotopic (exact) mass is 407 g/mol. The lowest BCUT2D eigenvalue weighted by atomic mass is 10.1. The van der Waals surface area contributed by atoms with Crippen LogP contribution in [0.1, 0.15) is 29.6 Å². The van der Waals surface area contributed by atoms with Crippen LogP contribution in [0.15, 0.2) is 54.6 Å². The molecule has 2 aliphatic rings. The molecule has 0 aromatic heterocycles. The average molecular weight is 408 g/mol. The van der Waals surface area contributed by atoms with Gasteiger partial charge in [-0.2, -0.15) is 0 Å². The van der Waals surface area contributed by atoms with E-state index in [1.54, 1.807) is 0 Å². The Bertz CT molecular complexity index is 857. The summed E-state index contributed by atoms with van der Waals surface area (Å²) in [5.74, 6) is 1.47. The Hall–Kier alpha value is -2.86. The molecule has 2 aromatic carbocycles. The topological polar surface area (TPSA) is 53.1 Å². The van der Waals surface area contributed by atoms with Crippen molar-refractivity contribution in [3.8, 4) is 11.5 Å². The summed E-state index contributed by atoms with van der Waals surface area (Å²) in [7, 11) is 0. The molecule has 158 valence electrons. The van der Waals surface area contributed by atoms with Crippen molar-refractivity contribution in [1.82, 2.24) is 14.7 Å². The molecule has 0 spiro atoms. The summed E-state index contributed by atoms with van der Waals surface area (Å²) in [6, 6.07) is 16.9. The SMILES string of the molecule is O=C(CN1CCN(C(=O)c2ccccc2Oc2ccccc2)CC1)N1CCCCC1. The Kier molecular flexibility index (Phi) is 6.64. The zero-order chi connectivity index (χ0) is 20.8. The van der Waals surface area contributed by atoms with Crippen LogP contribution in [-0.4, -0.2) is 72.3 Å². The van der Waals surface area contributed by atoms with Gasteiger partial charge in [0, 0.05) is 39.3 Å². The molecule has 0 bridgehead atoms. The highest BCUT2D eigenvalue weighted by Gasteiger charge is 2.26. The van der Waals surface area contributed by atoms with Crippen LogP contribution >= 0.6 is 0 Å². The third-order valence-corrected chi connectivity index (χ3v) is 5.82. The fourth-order valence-corrected chi connectivity index (χ4v) is 4.06. The predicted octanol–water partition coefficient (Wildman–Crippen LogP) is 3.25. The van der Waals surface area contributed by atoms with Gasteiger partial charge in [-0.15, -0.1) is 0 Å². The molecule has 0 radical (unpaired) electrons. The van der Waals surface area contributed by atoms with Crippen molar-refractivity contribution in [3.63, 3.8) is 0 Å². The van der Waals surface area contributed by atoms with E-state index in [4.69, 9.17) is 4.74 Å². The number of ether oxygens (including phenoxy) is 1. The summed E-state index contributed by atoms with van der Waals surface area (Å²) in [5, 5.41) is 0. The number of piperazine rings is 1. The molecule has 30 heavy (non-hydrogen) atoms. The second-order valence-electron chi connectivity index (χ2n) is 7.92. The molecule has 2 aromatic rings. The quantitative estimate of drug-likeness (QED) is 0.764. The minimum Gasteiger partial charge on any atom is -0.457 e. The Balaban J connectivity index is 1.34. The van der Waals surface area contributed by atoms with Crippen molar-refractivity contribution in [3.05, 3.63) is 60.2 Å². The molecule has 2 amide bonds. The van der Waals surface area contributed by atoms with E-state index in [2.05, 4.69) is 4.90 Å². The van der Waals surface area contributed by atoms with Gasteiger partial charge in [0.1, 0.15) is 11.5 Å². The number of carbonyl (C=O) groups is 2. The molecule has 0 unspecified atom stereocenters. The number of hydrogen-bond acceptors (Lipinski definition) is 4. The predicted molar refractivity (Wildman–Crippen MR) is 116 cm³/mol. The first kappa shape index (κ1) is 20.4. The van der Waals surface area contributed by atoms with Crippen LogP contribution in [0.25, 0.3) is 0 Å². The van der Waals surface area contributed by atoms with Gasteiger partial charge in [-0.1, -0.05) is 30.3 Å². The number of amides is 2. The van der Waals surface area contributed by atoms with E-state index in [1.165, 1.54) is 6.42 Å². The number of rotatable bonds is 5. The highest BCUT2D eigenvalue weighted by molar-refractivity contribution is 5.97. The molecule has 4 rings (SSSR count). The van der Waals surface area contributed by atoms with Gasteiger partial charge >= 0.3 is 0 Å². The maximum atomic E-state index is 13.1. The number of nitrogens with zero attached hydrogens (tertiary/aromatic N) is 3. The smallest absolute Gasteiger partial charge is 0.257 e. The Labute approximate surface area is 178 Å². The van der Waals surface area contributed by atoms with Crippen molar-refractivity contribution >= 4 is 11.8 Å². The van der Waals surface area contributed by atoms with Crippen molar-refractivity contribution in [2.24, 2.45) is 0 Å². The van der Waals surface area contributed by atoms with Gasteiger partial charge in [0.05, 0.1) is 12.1 Å². The van der Waals surface area contributed by atoms with Crippen molar-refractivity contribution in [2.75, 3.05) is 45.8 Å². The fourth-order valence-electron chi connectivity index (χ4n) is 4.06. The molecule has 0 saturated carbocycles. The summed E-state index contributed by atoms with van der Waals surface area (Å²) in [6.07, 6.45) is 3.44. The molecule has 0 N–H and O–H groups in total. The molecule has 2 aliphatic heterocycles. The summed E-state index contributed by atoms with van der Waals surface area (Å²) < 4.78 is 5.95. The summed E-state index contributed by atoms with van der Waals surface area (Å²) >= 11 is 0. The molecule has 6 nitrogen and oxygen atoms in total. The van der Waals surface area contributed by atoms with Crippen molar-refractivity contribution in [1.29, 1.82) is 0 Å². The number of carbonyl (C=O) groups excluding carboxylic acids is 2. The molecule has 0 aliphatic carbocycles. The van der Waals surface area contributed by atoms with Crippen LogP contribution in [-0.2, 0) is 4.79 Å². The fraction of sp³-hybridized carbons (Fsp3) is 0.417. The maximum absolute atomic E-state index is 13.1. The zero-order valence-corrected chi connectivity index (χ0v) is 17.3.